The van der Waals surface area contributed by atoms with Crippen molar-refractivity contribution in [2.75, 3.05) is 9.80 Å². The Labute approximate surface area is 332 Å². The Balaban J connectivity index is 1.19. The summed E-state index contributed by atoms with van der Waals surface area (Å²) in [7, 11) is 0. The number of halogens is 4. The van der Waals surface area contributed by atoms with Crippen molar-refractivity contribution in [1.82, 2.24) is 0 Å². The van der Waals surface area contributed by atoms with E-state index in [0.717, 1.165) is 55.1 Å². The zero-order valence-corrected chi connectivity index (χ0v) is 30.9. The first-order valence-corrected chi connectivity index (χ1v) is 18.9. The fraction of sp³-hybridized carbons (Fsp3) is 0. The van der Waals surface area contributed by atoms with Gasteiger partial charge in [-0.25, -0.2) is 17.6 Å². The quantitative estimate of drug-likeness (QED) is 0.112. The van der Waals surface area contributed by atoms with Crippen LogP contribution in [-0.2, 0) is 0 Å². The maximum Gasteiger partial charge on any atom is 0.136 e. The van der Waals surface area contributed by atoms with E-state index in [4.69, 9.17) is 0 Å². The molecule has 6 heteroatoms. The lowest BCUT2D eigenvalue weighted by atomic mass is 9.91. The SMILES string of the molecule is Fc1cc(N(c2ccccc2)c2ccc3ccc4c(N(c5ccccc5)c5cc(F)c(-c6ccccc6)c(F)c5)ccc5ccc2c3c54)cc(F)c1-c1ccccc1. The van der Waals surface area contributed by atoms with E-state index in [0.29, 0.717) is 22.5 Å². The Kier molecular flexibility index (Phi) is 8.60. The van der Waals surface area contributed by atoms with Crippen LogP contribution in [0.4, 0.5) is 51.7 Å². The van der Waals surface area contributed by atoms with E-state index in [-0.39, 0.29) is 11.1 Å². The normalized spacial score (nSPS) is 11.4. The van der Waals surface area contributed by atoms with Crippen molar-refractivity contribution in [3.63, 3.8) is 0 Å². The van der Waals surface area contributed by atoms with Gasteiger partial charge in [0.15, 0.2) is 0 Å². The molecule has 0 aliphatic heterocycles. The van der Waals surface area contributed by atoms with Crippen LogP contribution in [-0.4, -0.2) is 0 Å². The third-order valence-corrected chi connectivity index (χ3v) is 10.8. The van der Waals surface area contributed by atoms with Gasteiger partial charge in [0.2, 0.25) is 0 Å². The van der Waals surface area contributed by atoms with Gasteiger partial charge in [-0.2, -0.15) is 0 Å². The monoisotopic (exact) mass is 760 g/mol. The molecule has 0 aromatic heterocycles. The number of rotatable bonds is 8. The van der Waals surface area contributed by atoms with Gasteiger partial charge in [-0.1, -0.05) is 133 Å². The van der Waals surface area contributed by atoms with Gasteiger partial charge in [-0.3, -0.25) is 0 Å². The molecule has 0 aliphatic carbocycles. The maximum atomic E-state index is 16.1. The molecule has 0 fully saturated rings. The highest BCUT2D eigenvalue weighted by Crippen LogP contribution is 2.48. The molecule has 0 N–H and O–H groups in total. The summed E-state index contributed by atoms with van der Waals surface area (Å²) in [5, 5.41) is 5.55. The van der Waals surface area contributed by atoms with Gasteiger partial charge in [-0.05, 0) is 93.3 Å². The summed E-state index contributed by atoms with van der Waals surface area (Å²) < 4.78 is 64.3. The minimum Gasteiger partial charge on any atom is -0.310 e. The Morgan fingerprint density at radius 1 is 0.293 bits per heavy atom. The summed E-state index contributed by atoms with van der Waals surface area (Å²) in [4.78, 5) is 3.76. The molecule has 0 saturated heterocycles. The zero-order valence-electron chi connectivity index (χ0n) is 30.9. The average Bonchev–Trinajstić information content (AvgIpc) is 3.25. The molecule has 10 aromatic carbocycles. The predicted molar refractivity (Wildman–Crippen MR) is 230 cm³/mol. The van der Waals surface area contributed by atoms with Gasteiger partial charge in [0.25, 0.3) is 0 Å². The van der Waals surface area contributed by atoms with E-state index in [1.807, 2.05) is 131 Å². The van der Waals surface area contributed by atoms with Crippen LogP contribution in [0.15, 0.2) is 194 Å². The fourth-order valence-electron chi connectivity index (χ4n) is 8.31. The lowest BCUT2D eigenvalue weighted by Gasteiger charge is -2.29. The van der Waals surface area contributed by atoms with Crippen LogP contribution in [0.5, 0.6) is 0 Å². The number of hydrogen-bond donors (Lipinski definition) is 0. The van der Waals surface area contributed by atoms with Crippen molar-refractivity contribution in [2.45, 2.75) is 0 Å². The third-order valence-electron chi connectivity index (χ3n) is 10.8. The van der Waals surface area contributed by atoms with Crippen molar-refractivity contribution in [2.24, 2.45) is 0 Å². The van der Waals surface area contributed by atoms with Crippen LogP contribution in [0.25, 0.3) is 54.6 Å². The Hall–Kier alpha value is -7.44. The molecular formula is C52H32F4N2. The van der Waals surface area contributed by atoms with Gasteiger partial charge in [-0.15, -0.1) is 0 Å². The van der Waals surface area contributed by atoms with Gasteiger partial charge in [0, 0.05) is 22.1 Å². The van der Waals surface area contributed by atoms with Crippen LogP contribution >= 0.6 is 0 Å². The molecule has 0 heterocycles. The molecule has 0 saturated carbocycles. The van der Waals surface area contributed by atoms with Crippen LogP contribution < -0.4 is 9.80 Å². The van der Waals surface area contributed by atoms with Crippen molar-refractivity contribution in [1.29, 1.82) is 0 Å². The summed E-state index contributed by atoms with van der Waals surface area (Å²) in [6.45, 7) is 0. The first-order valence-electron chi connectivity index (χ1n) is 18.9. The molecule has 0 radical (unpaired) electrons. The summed E-state index contributed by atoms with van der Waals surface area (Å²) in [5.41, 5.74) is 4.30. The van der Waals surface area contributed by atoms with Crippen molar-refractivity contribution in [3.05, 3.63) is 217 Å². The molecule has 0 amide bonds. The average molecular weight is 761 g/mol. The Morgan fingerprint density at radius 3 is 0.948 bits per heavy atom. The molecule has 0 aliphatic rings. The molecule has 0 atom stereocenters. The van der Waals surface area contributed by atoms with Gasteiger partial charge >= 0.3 is 0 Å². The predicted octanol–water partition coefficient (Wildman–Crippen LogP) is 15.4. The standard InChI is InChI=1S/C52H32F4N2/c53-43-29-39(30-44(54)51(43)33-13-5-1-6-14-33)57(37-17-9-3-10-18-37)47-27-23-35-22-26-42-48(28-24-36-21-25-41(47)49(35)50(36)42)58(38-19-11-4-12-20-38)40-31-45(55)52(46(56)32-40)34-15-7-2-8-16-34/h1-32H. The van der Waals surface area contributed by atoms with E-state index >= 15 is 17.6 Å². The number of nitrogens with zero attached hydrogens (tertiary/aromatic N) is 2. The molecule has 58 heavy (non-hydrogen) atoms. The minimum atomic E-state index is -0.671. The number of anilines is 6. The maximum absolute atomic E-state index is 16.1. The second-order valence-electron chi connectivity index (χ2n) is 14.2. The number of hydrogen-bond acceptors (Lipinski definition) is 2. The second kappa shape index (κ2) is 14.3. The van der Waals surface area contributed by atoms with E-state index in [1.165, 1.54) is 24.3 Å². The van der Waals surface area contributed by atoms with Crippen LogP contribution in [0.3, 0.4) is 0 Å². The molecule has 0 unspecified atom stereocenters. The highest BCUT2D eigenvalue weighted by Gasteiger charge is 2.25. The summed E-state index contributed by atoms with van der Waals surface area (Å²) in [6, 6.07) is 58.1. The number of para-hydroxylation sites is 2. The first kappa shape index (κ1) is 35.0. The van der Waals surface area contributed by atoms with Crippen LogP contribution in [0.2, 0.25) is 0 Å². The van der Waals surface area contributed by atoms with Crippen molar-refractivity contribution < 1.29 is 17.6 Å². The fourth-order valence-corrected chi connectivity index (χ4v) is 8.31. The van der Waals surface area contributed by atoms with E-state index in [2.05, 4.69) is 0 Å². The van der Waals surface area contributed by atoms with Gasteiger partial charge in [0.05, 0.1) is 33.9 Å². The van der Waals surface area contributed by atoms with Crippen LogP contribution in [0.1, 0.15) is 0 Å². The van der Waals surface area contributed by atoms with E-state index in [9.17, 15) is 0 Å². The van der Waals surface area contributed by atoms with Crippen molar-refractivity contribution in [3.8, 4) is 22.3 Å². The second-order valence-corrected chi connectivity index (χ2v) is 14.2. The molecule has 0 bridgehead atoms. The zero-order chi connectivity index (χ0) is 39.3. The molecule has 10 rings (SSSR count). The summed E-state index contributed by atoms with van der Waals surface area (Å²) in [6.07, 6.45) is 0. The lowest BCUT2D eigenvalue weighted by molar-refractivity contribution is 0.589. The van der Waals surface area contributed by atoms with E-state index < -0.39 is 23.3 Å². The summed E-state index contributed by atoms with van der Waals surface area (Å²) >= 11 is 0. The van der Waals surface area contributed by atoms with E-state index in [1.54, 1.807) is 48.5 Å². The summed E-state index contributed by atoms with van der Waals surface area (Å²) in [5.74, 6) is -2.68. The Morgan fingerprint density at radius 2 is 0.603 bits per heavy atom. The molecule has 2 nitrogen and oxygen atoms in total. The highest BCUT2D eigenvalue weighted by molar-refractivity contribution is 6.28. The van der Waals surface area contributed by atoms with Gasteiger partial charge < -0.3 is 9.80 Å². The topological polar surface area (TPSA) is 6.48 Å². The smallest absolute Gasteiger partial charge is 0.136 e. The first-order chi connectivity index (χ1) is 28.4. The van der Waals surface area contributed by atoms with Crippen LogP contribution in [0, 0.1) is 23.3 Å². The Bertz CT molecular complexity index is 2840. The molecule has 278 valence electrons. The van der Waals surface area contributed by atoms with Gasteiger partial charge in [0.1, 0.15) is 23.3 Å². The minimum absolute atomic E-state index is 0.0855. The largest absolute Gasteiger partial charge is 0.310 e. The third kappa shape index (κ3) is 5.89. The highest BCUT2D eigenvalue weighted by atomic mass is 19.1. The lowest BCUT2D eigenvalue weighted by Crippen LogP contribution is -2.12. The van der Waals surface area contributed by atoms with Crippen molar-refractivity contribution >= 4 is 66.4 Å². The molecule has 0 spiro atoms. The molecule has 10 aromatic rings. The molecular weight excluding hydrogens is 729 g/mol. The number of benzene rings is 10.